The molecule has 3 rings (SSSR count). The highest BCUT2D eigenvalue weighted by Crippen LogP contribution is 2.15. The average molecular weight is 432 g/mol. The smallest absolute Gasteiger partial charge is 0.264 e. The molecule has 29 heavy (non-hydrogen) atoms. The summed E-state index contributed by atoms with van der Waals surface area (Å²) in [5.41, 5.74) is 1.31. The van der Waals surface area contributed by atoms with Crippen molar-refractivity contribution in [3.05, 3.63) is 84.5 Å². The molecule has 10 heteroatoms. The van der Waals surface area contributed by atoms with E-state index < -0.39 is 20.2 Å². The second-order valence-corrected chi connectivity index (χ2v) is 8.94. The monoisotopic (exact) mass is 432 g/mol. The zero-order chi connectivity index (χ0) is 20.9. The number of benzene rings is 2. The van der Waals surface area contributed by atoms with Gasteiger partial charge in [0, 0.05) is 0 Å². The van der Waals surface area contributed by atoms with E-state index in [-0.39, 0.29) is 21.2 Å². The average Bonchev–Trinajstić information content (AvgIpc) is 2.73. The van der Waals surface area contributed by atoms with Crippen molar-refractivity contribution in [3.63, 3.8) is 0 Å². The predicted octanol–water partition coefficient (Wildman–Crippen LogP) is 2.94. The van der Waals surface area contributed by atoms with Gasteiger partial charge in [-0.05, 0) is 55.5 Å². The lowest BCUT2D eigenvalue weighted by Crippen LogP contribution is -2.07. The van der Waals surface area contributed by atoms with Crippen LogP contribution in [0, 0.1) is 6.92 Å². The number of oxime groups is 2. The van der Waals surface area contributed by atoms with Gasteiger partial charge >= 0.3 is 20.2 Å². The molecule has 0 spiro atoms. The van der Waals surface area contributed by atoms with Crippen LogP contribution in [0.3, 0.4) is 0 Å². The lowest BCUT2D eigenvalue weighted by Gasteiger charge is -2.05. The van der Waals surface area contributed by atoms with Crippen molar-refractivity contribution in [2.24, 2.45) is 10.3 Å². The van der Waals surface area contributed by atoms with Crippen LogP contribution in [0.15, 0.2) is 99.0 Å². The zero-order valence-corrected chi connectivity index (χ0v) is 16.8. The maximum atomic E-state index is 12.1. The van der Waals surface area contributed by atoms with Gasteiger partial charge in [0.25, 0.3) is 0 Å². The topological polar surface area (TPSA) is 111 Å². The van der Waals surface area contributed by atoms with E-state index in [0.717, 1.165) is 5.56 Å². The fourth-order valence-electron chi connectivity index (χ4n) is 2.14. The van der Waals surface area contributed by atoms with Gasteiger partial charge in [-0.15, -0.1) is 0 Å². The second-order valence-electron chi connectivity index (χ2n) is 5.88. The van der Waals surface area contributed by atoms with E-state index in [0.29, 0.717) is 0 Å². The van der Waals surface area contributed by atoms with Gasteiger partial charge in [-0.1, -0.05) is 46.2 Å². The molecule has 2 aromatic rings. The van der Waals surface area contributed by atoms with Crippen molar-refractivity contribution < 1.29 is 25.4 Å². The Labute approximate surface area is 168 Å². The summed E-state index contributed by atoms with van der Waals surface area (Å²) in [6, 6.07) is 13.7. The first-order valence-corrected chi connectivity index (χ1v) is 11.1. The molecule has 0 N–H and O–H groups in total. The fourth-order valence-corrected chi connectivity index (χ4v) is 3.64. The third-order valence-corrected chi connectivity index (χ3v) is 5.91. The highest BCUT2D eigenvalue weighted by molar-refractivity contribution is 7.87. The molecule has 2 aromatic carbocycles. The van der Waals surface area contributed by atoms with Crippen LogP contribution in [0.2, 0.25) is 0 Å². The third-order valence-electron chi connectivity index (χ3n) is 3.67. The van der Waals surface area contributed by atoms with Gasteiger partial charge < -0.3 is 0 Å². The van der Waals surface area contributed by atoms with Gasteiger partial charge in [0.2, 0.25) is 0 Å². The minimum absolute atomic E-state index is 0.0158. The van der Waals surface area contributed by atoms with Crippen molar-refractivity contribution in [2.45, 2.75) is 16.7 Å². The van der Waals surface area contributed by atoms with Crippen LogP contribution in [0.25, 0.3) is 0 Å². The summed E-state index contributed by atoms with van der Waals surface area (Å²) in [5.74, 6) is 0. The maximum absolute atomic E-state index is 12.1. The first-order chi connectivity index (χ1) is 13.8. The van der Waals surface area contributed by atoms with Crippen molar-refractivity contribution in [1.82, 2.24) is 0 Å². The highest BCUT2D eigenvalue weighted by Gasteiger charge is 2.17. The van der Waals surface area contributed by atoms with Crippen molar-refractivity contribution in [3.8, 4) is 0 Å². The molecule has 150 valence electrons. The van der Waals surface area contributed by atoms with Crippen LogP contribution >= 0.6 is 0 Å². The minimum Gasteiger partial charge on any atom is -0.264 e. The quantitative estimate of drug-likeness (QED) is 0.512. The molecular weight excluding hydrogens is 416 g/mol. The zero-order valence-electron chi connectivity index (χ0n) is 15.2. The molecular formula is C19H16N2O6S2. The third kappa shape index (κ3) is 5.39. The maximum Gasteiger partial charge on any atom is 0.358 e. The largest absolute Gasteiger partial charge is 0.358 e. The summed E-state index contributed by atoms with van der Waals surface area (Å²) in [4.78, 5) is -0.0388. The molecule has 0 unspecified atom stereocenters. The van der Waals surface area contributed by atoms with E-state index in [2.05, 4.69) is 14.6 Å². The predicted molar refractivity (Wildman–Crippen MR) is 107 cm³/mol. The second kappa shape index (κ2) is 8.41. The standard InChI is InChI=1S/C19H16N2O6S2/c1-15-7-13-19(14-8-15)29(24,25)27-21-17-11-9-16(10-12-17)20-26-28(22,23)18-5-3-2-4-6-18/h2-14H,1H3. The van der Waals surface area contributed by atoms with Crippen LogP contribution in [0.5, 0.6) is 0 Å². The van der Waals surface area contributed by atoms with Crippen molar-refractivity contribution >= 4 is 31.7 Å². The first-order valence-electron chi connectivity index (χ1n) is 8.27. The SMILES string of the molecule is Cc1ccc(S(=O)(=O)ON=C2C=CC(=NOS(=O)(=O)c3ccccc3)C=C2)cc1. The van der Waals surface area contributed by atoms with E-state index >= 15 is 0 Å². The molecule has 0 amide bonds. The number of hydrogen-bond donors (Lipinski definition) is 0. The summed E-state index contributed by atoms with van der Waals surface area (Å²) < 4.78 is 57.6. The molecule has 0 aromatic heterocycles. The Morgan fingerprint density at radius 3 is 1.48 bits per heavy atom. The number of aryl methyl sites for hydroxylation is 1. The lowest BCUT2D eigenvalue weighted by molar-refractivity contribution is 0.338. The highest BCUT2D eigenvalue weighted by atomic mass is 32.2. The summed E-state index contributed by atoms with van der Waals surface area (Å²) in [7, 11) is -8.07. The van der Waals surface area contributed by atoms with Crippen LogP contribution in [0.4, 0.5) is 0 Å². The summed E-state index contributed by atoms with van der Waals surface area (Å²) in [6.45, 7) is 1.84. The van der Waals surface area contributed by atoms with Gasteiger partial charge in [-0.2, -0.15) is 16.8 Å². The molecule has 0 bridgehead atoms. The van der Waals surface area contributed by atoms with E-state index in [1.165, 1.54) is 48.6 Å². The number of hydrogen-bond acceptors (Lipinski definition) is 8. The normalized spacial score (nSPS) is 13.8. The molecule has 8 nitrogen and oxygen atoms in total. The Morgan fingerprint density at radius 1 is 0.621 bits per heavy atom. The number of nitrogens with zero attached hydrogens (tertiary/aromatic N) is 2. The van der Waals surface area contributed by atoms with Gasteiger partial charge in [0.15, 0.2) is 0 Å². The Kier molecular flexibility index (Phi) is 5.95. The summed E-state index contributed by atoms with van der Waals surface area (Å²) >= 11 is 0. The fraction of sp³-hybridized carbons (Fsp3) is 0.0526. The number of allylic oxidation sites excluding steroid dienone is 4. The van der Waals surface area contributed by atoms with Gasteiger partial charge in [-0.25, -0.2) is 0 Å². The molecule has 0 fully saturated rings. The van der Waals surface area contributed by atoms with Gasteiger partial charge in [0.1, 0.15) is 21.2 Å². The van der Waals surface area contributed by atoms with Crippen LogP contribution in [0.1, 0.15) is 5.56 Å². The molecule has 0 saturated heterocycles. The molecule has 0 heterocycles. The molecule has 0 radical (unpaired) electrons. The Hall–Kier alpha value is -3.24. The Balaban J connectivity index is 1.65. The molecule has 1 aliphatic rings. The minimum atomic E-state index is -4.04. The first kappa shape index (κ1) is 20.5. The van der Waals surface area contributed by atoms with E-state index in [1.54, 1.807) is 30.3 Å². The molecule has 0 atom stereocenters. The van der Waals surface area contributed by atoms with Gasteiger partial charge in [0.05, 0.1) is 0 Å². The molecule has 0 aliphatic heterocycles. The van der Waals surface area contributed by atoms with E-state index in [4.69, 9.17) is 4.28 Å². The van der Waals surface area contributed by atoms with E-state index in [9.17, 15) is 16.8 Å². The summed E-state index contributed by atoms with van der Waals surface area (Å²) in [5, 5.41) is 7.16. The van der Waals surface area contributed by atoms with Crippen molar-refractivity contribution in [1.29, 1.82) is 0 Å². The molecule has 1 aliphatic carbocycles. The van der Waals surface area contributed by atoms with Crippen molar-refractivity contribution in [2.75, 3.05) is 0 Å². The van der Waals surface area contributed by atoms with Crippen LogP contribution in [-0.2, 0) is 28.8 Å². The van der Waals surface area contributed by atoms with Crippen LogP contribution < -0.4 is 0 Å². The summed E-state index contributed by atoms with van der Waals surface area (Å²) in [6.07, 6.45) is 5.62. The number of rotatable bonds is 6. The Morgan fingerprint density at radius 2 is 1.03 bits per heavy atom. The van der Waals surface area contributed by atoms with Crippen LogP contribution in [-0.4, -0.2) is 28.3 Å². The van der Waals surface area contributed by atoms with Gasteiger partial charge in [-0.3, -0.25) is 8.57 Å². The van der Waals surface area contributed by atoms with E-state index in [1.807, 2.05) is 6.92 Å². The molecule has 0 saturated carbocycles. The lowest BCUT2D eigenvalue weighted by atomic mass is 10.1. The Bertz CT molecular complexity index is 1190.